The van der Waals surface area contributed by atoms with Gasteiger partial charge in [0.1, 0.15) is 5.82 Å². The van der Waals surface area contributed by atoms with Gasteiger partial charge < -0.3 is 4.90 Å². The first-order chi connectivity index (χ1) is 16.3. The van der Waals surface area contributed by atoms with Crippen LogP contribution in [-0.4, -0.2) is 62.4 Å². The number of likely N-dealkylation sites (N-methyl/N-ethyl adjacent to an activating group) is 1. The van der Waals surface area contributed by atoms with Crippen molar-refractivity contribution in [1.82, 2.24) is 9.88 Å². The van der Waals surface area contributed by atoms with Crippen molar-refractivity contribution >= 4 is 66.6 Å². The fourth-order valence-corrected chi connectivity index (χ4v) is 6.58. The van der Waals surface area contributed by atoms with Crippen LogP contribution in [0.25, 0.3) is 10.2 Å². The lowest BCUT2D eigenvalue weighted by Gasteiger charge is -2.24. The van der Waals surface area contributed by atoms with Crippen LogP contribution in [-0.2, 0) is 14.6 Å². The number of hydrogen-bond acceptors (Lipinski definition) is 7. The van der Waals surface area contributed by atoms with E-state index in [0.717, 1.165) is 40.3 Å². The zero-order chi connectivity index (χ0) is 24.7. The van der Waals surface area contributed by atoms with Gasteiger partial charge >= 0.3 is 0 Å². The number of thioether (sulfide) groups is 1. The summed E-state index contributed by atoms with van der Waals surface area (Å²) in [5, 5.41) is 0.634. The monoisotopic (exact) mass is 559 g/mol. The van der Waals surface area contributed by atoms with Crippen LogP contribution >= 0.6 is 35.5 Å². The van der Waals surface area contributed by atoms with Crippen molar-refractivity contribution in [1.29, 1.82) is 0 Å². The van der Waals surface area contributed by atoms with E-state index in [2.05, 4.69) is 18.7 Å². The summed E-state index contributed by atoms with van der Waals surface area (Å²) >= 11 is 3.09. The van der Waals surface area contributed by atoms with Crippen LogP contribution in [0.15, 0.2) is 52.3 Å². The van der Waals surface area contributed by atoms with Gasteiger partial charge in [-0.25, -0.2) is 17.8 Å². The third kappa shape index (κ3) is 7.63. The number of anilines is 1. The van der Waals surface area contributed by atoms with Crippen molar-refractivity contribution in [3.63, 3.8) is 0 Å². The van der Waals surface area contributed by atoms with Crippen molar-refractivity contribution in [2.75, 3.05) is 43.1 Å². The van der Waals surface area contributed by atoms with E-state index in [0.29, 0.717) is 18.2 Å². The molecule has 0 aliphatic heterocycles. The second kappa shape index (κ2) is 13.5. The van der Waals surface area contributed by atoms with Gasteiger partial charge in [0.2, 0.25) is 5.91 Å². The molecule has 2 aromatic carbocycles. The molecule has 6 nitrogen and oxygen atoms in total. The van der Waals surface area contributed by atoms with Crippen molar-refractivity contribution < 1.29 is 17.6 Å². The fraction of sp³-hybridized carbons (Fsp3) is 0.417. The molecule has 3 aromatic rings. The van der Waals surface area contributed by atoms with Crippen molar-refractivity contribution in [3.8, 4) is 0 Å². The molecule has 0 atom stereocenters. The molecule has 0 bridgehead atoms. The molecule has 1 amide bonds. The molecule has 0 saturated carbocycles. The molecule has 1 aromatic heterocycles. The molecule has 1 heterocycles. The molecule has 0 unspecified atom stereocenters. The number of halogens is 2. The number of para-hydroxylation sites is 1. The summed E-state index contributed by atoms with van der Waals surface area (Å²) in [6, 6.07) is 10.8. The molecule has 0 spiro atoms. The maximum Gasteiger partial charge on any atom is 0.228 e. The smallest absolute Gasteiger partial charge is 0.228 e. The summed E-state index contributed by atoms with van der Waals surface area (Å²) in [5.74, 6) is -0.810. The Morgan fingerprint density at radius 2 is 1.77 bits per heavy atom. The normalized spacial score (nSPS) is 11.6. The van der Waals surface area contributed by atoms with Crippen molar-refractivity contribution in [3.05, 3.63) is 48.3 Å². The lowest BCUT2D eigenvalue weighted by Crippen LogP contribution is -2.38. The van der Waals surface area contributed by atoms with Gasteiger partial charge in [-0.3, -0.25) is 9.69 Å². The Morgan fingerprint density at radius 1 is 1.09 bits per heavy atom. The maximum absolute atomic E-state index is 13.3. The maximum atomic E-state index is 13.3. The lowest BCUT2D eigenvalue weighted by molar-refractivity contribution is -0.118. The minimum atomic E-state index is -3.59. The van der Waals surface area contributed by atoms with Crippen LogP contribution in [0.4, 0.5) is 9.52 Å². The Kier molecular flexibility index (Phi) is 11.4. The predicted molar refractivity (Wildman–Crippen MR) is 146 cm³/mol. The van der Waals surface area contributed by atoms with Crippen LogP contribution < -0.4 is 4.90 Å². The van der Waals surface area contributed by atoms with Crippen LogP contribution in [0.2, 0.25) is 0 Å². The molecule has 11 heteroatoms. The van der Waals surface area contributed by atoms with Gasteiger partial charge in [-0.1, -0.05) is 31.3 Å². The number of benzene rings is 2. The highest BCUT2D eigenvalue weighted by Gasteiger charge is 2.22. The van der Waals surface area contributed by atoms with Crippen molar-refractivity contribution in [2.45, 2.75) is 36.5 Å². The number of amides is 1. The largest absolute Gasteiger partial charge is 0.302 e. The molecule has 0 fully saturated rings. The van der Waals surface area contributed by atoms with E-state index in [9.17, 15) is 17.6 Å². The van der Waals surface area contributed by atoms with Crippen LogP contribution in [0.3, 0.4) is 0 Å². The number of sulfone groups is 1. The van der Waals surface area contributed by atoms with Gasteiger partial charge in [0.05, 0.1) is 20.9 Å². The first-order valence-electron chi connectivity index (χ1n) is 11.2. The summed E-state index contributed by atoms with van der Waals surface area (Å²) in [5.41, 5.74) is 0.884. The molecule has 0 radical (unpaired) electrons. The summed E-state index contributed by atoms with van der Waals surface area (Å²) in [6.45, 7) is 7.12. The average molecular weight is 560 g/mol. The molecule has 3 rings (SSSR count). The number of rotatable bonds is 12. The highest BCUT2D eigenvalue weighted by atomic mass is 35.5. The number of aromatic nitrogens is 1. The predicted octanol–water partition coefficient (Wildman–Crippen LogP) is 5.51. The molecular weight excluding hydrogens is 529 g/mol. The number of hydrogen-bond donors (Lipinski definition) is 0. The summed E-state index contributed by atoms with van der Waals surface area (Å²) in [7, 11) is -3.59. The van der Waals surface area contributed by atoms with Gasteiger partial charge in [0.25, 0.3) is 0 Å². The number of carbonyl (C=O) groups is 1. The quantitative estimate of drug-likeness (QED) is 0.215. The zero-order valence-electron chi connectivity index (χ0n) is 20.1. The van der Waals surface area contributed by atoms with Crippen LogP contribution in [0.5, 0.6) is 0 Å². The second-order valence-corrected chi connectivity index (χ2v) is 11.7. The molecule has 0 aliphatic carbocycles. The molecule has 192 valence electrons. The van der Waals surface area contributed by atoms with E-state index in [4.69, 9.17) is 4.98 Å². The standard InChI is InChI=1S/C24H30FN3O3S3.ClH/c1-4-27(5-2)15-16-28(24-26-23-20(32-3)8-6-9-21(23)33-24)22(29)10-7-17-34(30,31)19-13-11-18(25)12-14-19;/h6,8-9,11-14H,4-5,7,10,15-17H2,1-3H3;1H. The first-order valence-corrected chi connectivity index (χ1v) is 14.9. The molecule has 0 saturated heterocycles. The highest BCUT2D eigenvalue weighted by molar-refractivity contribution is 7.98. The van der Waals surface area contributed by atoms with Gasteiger partial charge in [-0.2, -0.15) is 0 Å². The molecule has 0 aliphatic rings. The zero-order valence-corrected chi connectivity index (χ0v) is 23.3. The van der Waals surface area contributed by atoms with Gasteiger partial charge in [0, 0.05) is 24.4 Å². The van der Waals surface area contributed by atoms with Gasteiger partial charge in [-0.05, 0) is 62.2 Å². The van der Waals surface area contributed by atoms with Gasteiger partial charge in [0.15, 0.2) is 15.0 Å². The SMILES string of the molecule is CCN(CC)CCN(C(=O)CCCS(=O)(=O)c1ccc(F)cc1)c1nc2c(SC)cccc2s1.Cl. The van der Waals surface area contributed by atoms with E-state index >= 15 is 0 Å². The summed E-state index contributed by atoms with van der Waals surface area (Å²) in [4.78, 5) is 23.1. The molecule has 0 N–H and O–H groups in total. The number of nitrogens with zero attached hydrogens (tertiary/aromatic N) is 3. The Morgan fingerprint density at radius 3 is 2.40 bits per heavy atom. The minimum absolute atomic E-state index is 0. The Labute approximate surface area is 221 Å². The number of fused-ring (bicyclic) bond motifs is 1. The van der Waals surface area contributed by atoms with Crippen LogP contribution in [0, 0.1) is 5.82 Å². The summed E-state index contributed by atoms with van der Waals surface area (Å²) in [6.07, 6.45) is 2.27. The average Bonchev–Trinajstić information content (AvgIpc) is 3.26. The van der Waals surface area contributed by atoms with E-state index in [-0.39, 0.29) is 41.8 Å². The Bertz CT molecular complexity index is 1220. The topological polar surface area (TPSA) is 70.6 Å². The second-order valence-electron chi connectivity index (χ2n) is 7.75. The molecule has 35 heavy (non-hydrogen) atoms. The van der Waals surface area contributed by atoms with E-state index < -0.39 is 15.7 Å². The Hall–Kier alpha value is -1.72. The third-order valence-corrected chi connectivity index (χ3v) is 9.26. The van der Waals surface area contributed by atoms with Crippen molar-refractivity contribution in [2.24, 2.45) is 0 Å². The minimum Gasteiger partial charge on any atom is -0.302 e. The van der Waals surface area contributed by atoms with Gasteiger partial charge in [-0.15, -0.1) is 24.2 Å². The highest BCUT2D eigenvalue weighted by Crippen LogP contribution is 2.34. The number of carbonyl (C=O) groups excluding carboxylic acids is 1. The Balaban J connectivity index is 0.00000432. The number of thiazole rings is 1. The third-order valence-electron chi connectivity index (χ3n) is 5.63. The lowest BCUT2D eigenvalue weighted by atomic mass is 10.3. The van der Waals surface area contributed by atoms with E-state index in [1.165, 1.54) is 23.5 Å². The molecular formula is C24H31ClFN3O3S3. The first kappa shape index (κ1) is 29.5. The summed E-state index contributed by atoms with van der Waals surface area (Å²) < 4.78 is 39.3. The van der Waals surface area contributed by atoms with Crippen LogP contribution in [0.1, 0.15) is 26.7 Å². The fourth-order valence-electron chi connectivity index (χ4n) is 3.61. The van der Waals surface area contributed by atoms with E-state index in [1.54, 1.807) is 16.7 Å². The van der Waals surface area contributed by atoms with E-state index in [1.807, 2.05) is 24.5 Å².